The molecule has 0 aromatic heterocycles. The van der Waals surface area contributed by atoms with E-state index in [0.717, 1.165) is 26.2 Å². The Bertz CT molecular complexity index is 168. The largest absolute Gasteiger partial charge is 0.374 e. The van der Waals surface area contributed by atoms with Gasteiger partial charge in [0.05, 0.1) is 18.3 Å². The first-order valence-corrected chi connectivity index (χ1v) is 5.18. The summed E-state index contributed by atoms with van der Waals surface area (Å²) in [5.74, 6) is 0. The Balaban J connectivity index is 2.12. The Morgan fingerprint density at radius 2 is 2.21 bits per heavy atom. The fourth-order valence-electron chi connectivity index (χ4n) is 1.34. The number of hydroxylamine groups is 1. The van der Waals surface area contributed by atoms with Gasteiger partial charge in [0.2, 0.25) is 0 Å². The summed E-state index contributed by atoms with van der Waals surface area (Å²) in [5, 5.41) is 0. The first-order chi connectivity index (χ1) is 6.47. The maximum absolute atomic E-state index is 5.58. The van der Waals surface area contributed by atoms with Crippen molar-refractivity contribution in [3.63, 3.8) is 0 Å². The quantitative estimate of drug-likeness (QED) is 0.681. The number of likely N-dealkylation sites (N-methyl/N-ethyl adjacent to an activating group) is 1. The third-order valence-corrected chi connectivity index (χ3v) is 2.03. The second-order valence-corrected chi connectivity index (χ2v) is 4.82. The summed E-state index contributed by atoms with van der Waals surface area (Å²) >= 11 is 0. The van der Waals surface area contributed by atoms with Gasteiger partial charge < -0.3 is 9.64 Å². The SMILES string of the molecule is CN1CCOC(CNOC(C)(C)C)C1. The molecule has 1 rings (SSSR count). The van der Waals surface area contributed by atoms with E-state index < -0.39 is 0 Å². The van der Waals surface area contributed by atoms with Gasteiger partial charge in [0, 0.05) is 19.6 Å². The summed E-state index contributed by atoms with van der Waals surface area (Å²) in [4.78, 5) is 7.69. The first-order valence-electron chi connectivity index (χ1n) is 5.18. The molecule has 0 saturated carbocycles. The van der Waals surface area contributed by atoms with Crippen molar-refractivity contribution in [2.75, 3.05) is 33.3 Å². The molecule has 0 aromatic rings. The van der Waals surface area contributed by atoms with Gasteiger partial charge in [-0.2, -0.15) is 5.48 Å². The van der Waals surface area contributed by atoms with Crippen LogP contribution in [-0.4, -0.2) is 49.9 Å². The molecule has 1 heterocycles. The Morgan fingerprint density at radius 1 is 1.50 bits per heavy atom. The van der Waals surface area contributed by atoms with E-state index in [0.29, 0.717) is 0 Å². The summed E-state index contributed by atoms with van der Waals surface area (Å²) in [6.07, 6.45) is 0.246. The Kier molecular flexibility index (Phi) is 4.31. The van der Waals surface area contributed by atoms with Gasteiger partial charge in [-0.25, -0.2) is 0 Å². The zero-order valence-electron chi connectivity index (χ0n) is 9.67. The summed E-state index contributed by atoms with van der Waals surface area (Å²) in [7, 11) is 2.11. The van der Waals surface area contributed by atoms with E-state index in [1.165, 1.54) is 0 Å². The molecular weight excluding hydrogens is 180 g/mol. The molecule has 14 heavy (non-hydrogen) atoms. The molecule has 0 spiro atoms. The Hall–Kier alpha value is -0.160. The van der Waals surface area contributed by atoms with Crippen LogP contribution in [0.3, 0.4) is 0 Å². The summed E-state index contributed by atoms with van der Waals surface area (Å²) in [5.41, 5.74) is 2.83. The van der Waals surface area contributed by atoms with Crippen molar-refractivity contribution in [3.8, 4) is 0 Å². The maximum atomic E-state index is 5.58. The van der Waals surface area contributed by atoms with E-state index in [1.807, 2.05) is 20.8 Å². The minimum atomic E-state index is -0.138. The van der Waals surface area contributed by atoms with Crippen molar-refractivity contribution in [2.45, 2.75) is 32.5 Å². The van der Waals surface area contributed by atoms with Crippen molar-refractivity contribution in [1.29, 1.82) is 0 Å². The molecule has 1 aliphatic rings. The van der Waals surface area contributed by atoms with E-state index in [4.69, 9.17) is 9.57 Å². The van der Waals surface area contributed by atoms with Crippen LogP contribution in [0.15, 0.2) is 0 Å². The van der Waals surface area contributed by atoms with Crippen LogP contribution in [-0.2, 0) is 9.57 Å². The average Bonchev–Trinajstić information content (AvgIpc) is 2.01. The van der Waals surface area contributed by atoms with Gasteiger partial charge >= 0.3 is 0 Å². The van der Waals surface area contributed by atoms with Gasteiger partial charge in [-0.1, -0.05) is 0 Å². The molecule has 1 fully saturated rings. The molecule has 4 heteroatoms. The molecule has 1 aliphatic heterocycles. The van der Waals surface area contributed by atoms with Crippen LogP contribution in [0, 0.1) is 0 Å². The highest BCUT2D eigenvalue weighted by atomic mass is 16.7. The lowest BCUT2D eigenvalue weighted by Crippen LogP contribution is -2.45. The van der Waals surface area contributed by atoms with E-state index >= 15 is 0 Å². The first kappa shape index (κ1) is 11.9. The molecule has 4 nitrogen and oxygen atoms in total. The fraction of sp³-hybridized carbons (Fsp3) is 1.00. The van der Waals surface area contributed by atoms with Crippen LogP contribution in [0.5, 0.6) is 0 Å². The molecule has 1 atom stereocenters. The van der Waals surface area contributed by atoms with E-state index in [9.17, 15) is 0 Å². The molecule has 1 saturated heterocycles. The predicted molar refractivity (Wildman–Crippen MR) is 56.1 cm³/mol. The number of nitrogens with zero attached hydrogens (tertiary/aromatic N) is 1. The van der Waals surface area contributed by atoms with Crippen molar-refractivity contribution < 1.29 is 9.57 Å². The van der Waals surface area contributed by atoms with Gasteiger partial charge in [0.15, 0.2) is 0 Å². The number of morpholine rings is 1. The molecule has 1 unspecified atom stereocenters. The van der Waals surface area contributed by atoms with Crippen LogP contribution < -0.4 is 5.48 Å². The second-order valence-electron chi connectivity index (χ2n) is 4.82. The smallest absolute Gasteiger partial charge is 0.0849 e. The molecule has 0 aliphatic carbocycles. The number of hydrogen-bond donors (Lipinski definition) is 1. The lowest BCUT2D eigenvalue weighted by atomic mass is 10.2. The molecule has 84 valence electrons. The highest BCUT2D eigenvalue weighted by Crippen LogP contribution is 2.05. The van der Waals surface area contributed by atoms with Crippen molar-refractivity contribution in [1.82, 2.24) is 10.4 Å². The Morgan fingerprint density at radius 3 is 2.79 bits per heavy atom. The molecule has 0 bridgehead atoms. The maximum Gasteiger partial charge on any atom is 0.0849 e. The molecule has 0 aromatic carbocycles. The molecule has 0 amide bonds. The monoisotopic (exact) mass is 202 g/mol. The van der Waals surface area contributed by atoms with Crippen molar-refractivity contribution in [2.24, 2.45) is 0 Å². The van der Waals surface area contributed by atoms with Gasteiger partial charge in [-0.05, 0) is 27.8 Å². The third-order valence-electron chi connectivity index (χ3n) is 2.03. The third kappa shape index (κ3) is 4.91. The van der Waals surface area contributed by atoms with Crippen molar-refractivity contribution >= 4 is 0 Å². The van der Waals surface area contributed by atoms with Gasteiger partial charge in [0.25, 0.3) is 0 Å². The standard InChI is InChI=1S/C10H22N2O2/c1-10(2,3)14-11-7-9-8-12(4)5-6-13-9/h9,11H,5-8H2,1-4H3. The van der Waals surface area contributed by atoms with E-state index in [-0.39, 0.29) is 11.7 Å². The second kappa shape index (κ2) is 5.07. The summed E-state index contributed by atoms with van der Waals surface area (Å²) in [6, 6.07) is 0. The van der Waals surface area contributed by atoms with Gasteiger partial charge in [-0.3, -0.25) is 4.84 Å². The van der Waals surface area contributed by atoms with Crippen LogP contribution in [0.4, 0.5) is 0 Å². The van der Waals surface area contributed by atoms with E-state index in [1.54, 1.807) is 0 Å². The van der Waals surface area contributed by atoms with E-state index in [2.05, 4.69) is 17.4 Å². The Labute approximate surface area is 86.5 Å². The molecular formula is C10H22N2O2. The predicted octanol–water partition coefficient (Wildman–Crippen LogP) is 0.637. The summed E-state index contributed by atoms with van der Waals surface area (Å²) in [6.45, 7) is 9.63. The number of ether oxygens (including phenoxy) is 1. The van der Waals surface area contributed by atoms with Crippen LogP contribution in [0.1, 0.15) is 20.8 Å². The van der Waals surface area contributed by atoms with Crippen molar-refractivity contribution in [3.05, 3.63) is 0 Å². The highest BCUT2D eigenvalue weighted by Gasteiger charge is 2.18. The molecule has 0 radical (unpaired) electrons. The summed E-state index contributed by atoms with van der Waals surface area (Å²) < 4.78 is 5.58. The van der Waals surface area contributed by atoms with Crippen LogP contribution in [0.2, 0.25) is 0 Å². The van der Waals surface area contributed by atoms with Crippen LogP contribution in [0.25, 0.3) is 0 Å². The minimum Gasteiger partial charge on any atom is -0.374 e. The number of hydrogen-bond acceptors (Lipinski definition) is 4. The fourth-order valence-corrected chi connectivity index (χ4v) is 1.34. The lowest BCUT2D eigenvalue weighted by molar-refractivity contribution is -0.101. The molecule has 1 N–H and O–H groups in total. The topological polar surface area (TPSA) is 33.7 Å². The van der Waals surface area contributed by atoms with Crippen LogP contribution >= 0.6 is 0 Å². The normalized spacial score (nSPS) is 25.3. The highest BCUT2D eigenvalue weighted by molar-refractivity contribution is 4.69. The van der Waals surface area contributed by atoms with Gasteiger partial charge in [-0.15, -0.1) is 0 Å². The minimum absolute atomic E-state index is 0.138. The number of nitrogens with one attached hydrogen (secondary N) is 1. The number of rotatable bonds is 3. The average molecular weight is 202 g/mol. The zero-order valence-corrected chi connectivity index (χ0v) is 9.67. The zero-order chi connectivity index (χ0) is 10.6. The lowest BCUT2D eigenvalue weighted by Gasteiger charge is -2.30. The van der Waals surface area contributed by atoms with Gasteiger partial charge in [0.1, 0.15) is 0 Å².